The quantitative estimate of drug-likeness (QED) is 0.168. The zero-order valence-corrected chi connectivity index (χ0v) is 32.3. The highest BCUT2D eigenvalue weighted by Crippen LogP contribution is 2.57. The number of fused-ring (bicyclic) bond motifs is 9. The van der Waals surface area contributed by atoms with E-state index in [1.54, 1.807) is 0 Å². The molecule has 12 rings (SSSR count). The van der Waals surface area contributed by atoms with E-state index in [1.165, 1.54) is 64.7 Å². The van der Waals surface area contributed by atoms with Gasteiger partial charge in [0.25, 0.3) is 0 Å². The van der Waals surface area contributed by atoms with Gasteiger partial charge in [0.2, 0.25) is 0 Å². The Bertz CT molecular complexity index is 3300. The second-order valence-electron chi connectivity index (χ2n) is 15.2. The van der Waals surface area contributed by atoms with Gasteiger partial charge in [-0.3, -0.25) is 0 Å². The maximum atomic E-state index is 6.74. The van der Waals surface area contributed by atoms with Crippen molar-refractivity contribution in [3.63, 3.8) is 0 Å². The summed E-state index contributed by atoms with van der Waals surface area (Å²) in [6.07, 6.45) is 0. The second-order valence-corrected chi connectivity index (χ2v) is 16.3. The highest BCUT2D eigenvalue weighted by atomic mass is 32.1. The summed E-state index contributed by atoms with van der Waals surface area (Å²) in [5.74, 6) is 0. The summed E-state index contributed by atoms with van der Waals surface area (Å²) in [7, 11) is 0. The van der Waals surface area contributed by atoms with Gasteiger partial charge in [-0.25, -0.2) is 0 Å². The van der Waals surface area contributed by atoms with Gasteiger partial charge >= 0.3 is 0 Å². The maximum absolute atomic E-state index is 6.74. The molecular formula is C55H35NOS. The van der Waals surface area contributed by atoms with Gasteiger partial charge in [-0.1, -0.05) is 164 Å². The van der Waals surface area contributed by atoms with E-state index in [1.807, 2.05) is 17.4 Å². The number of nitrogens with zero attached hydrogens (tertiary/aromatic N) is 1. The Morgan fingerprint density at radius 3 is 1.83 bits per heavy atom. The normalized spacial score (nSPS) is 13.0. The standard InChI is InChI=1S/C55H35NOS/c1-3-15-37(16-4-1)55(38-17-5-2-6-18-38)47-24-10-7-19-42(47)46-35-40(33-34-48(46)55)56(49-25-13-23-44-43-20-8-11-26-50(43)57-54(44)49)39-31-29-36(30-32-39)41-22-14-28-52-53(41)45-21-9-12-27-51(45)58-52/h1-35H. The lowest BCUT2D eigenvalue weighted by atomic mass is 9.68. The fraction of sp³-hybridized carbons (Fsp3) is 0.0182. The minimum Gasteiger partial charge on any atom is -0.454 e. The van der Waals surface area contributed by atoms with Crippen molar-refractivity contribution in [1.82, 2.24) is 0 Å². The van der Waals surface area contributed by atoms with Crippen molar-refractivity contribution < 1.29 is 4.42 Å². The molecule has 3 heteroatoms. The molecule has 58 heavy (non-hydrogen) atoms. The summed E-state index contributed by atoms with van der Waals surface area (Å²) in [6.45, 7) is 0. The first-order valence-corrected chi connectivity index (χ1v) is 20.7. The number of benzene rings is 9. The van der Waals surface area contributed by atoms with Crippen LogP contribution in [-0.4, -0.2) is 0 Å². The molecule has 0 spiro atoms. The van der Waals surface area contributed by atoms with Crippen LogP contribution in [0.2, 0.25) is 0 Å². The van der Waals surface area contributed by atoms with Crippen LogP contribution in [0.15, 0.2) is 217 Å². The Morgan fingerprint density at radius 1 is 0.414 bits per heavy atom. The lowest BCUT2D eigenvalue weighted by molar-refractivity contribution is 0.669. The largest absolute Gasteiger partial charge is 0.454 e. The van der Waals surface area contributed by atoms with Gasteiger partial charge in [-0.2, -0.15) is 0 Å². The van der Waals surface area contributed by atoms with Crippen molar-refractivity contribution in [2.45, 2.75) is 5.41 Å². The van der Waals surface area contributed by atoms with Crippen molar-refractivity contribution in [2.24, 2.45) is 0 Å². The van der Waals surface area contributed by atoms with Gasteiger partial charge in [-0.15, -0.1) is 11.3 Å². The predicted octanol–water partition coefficient (Wildman–Crippen LogP) is 15.5. The minimum absolute atomic E-state index is 0.467. The molecule has 272 valence electrons. The number of hydrogen-bond donors (Lipinski definition) is 0. The number of hydrogen-bond acceptors (Lipinski definition) is 3. The Kier molecular flexibility index (Phi) is 7.35. The third-order valence-corrected chi connectivity index (χ3v) is 13.3. The van der Waals surface area contributed by atoms with E-state index in [4.69, 9.17) is 4.42 Å². The fourth-order valence-corrected chi connectivity index (χ4v) is 10.8. The zero-order chi connectivity index (χ0) is 38.2. The molecule has 1 aliphatic carbocycles. The van der Waals surface area contributed by atoms with E-state index in [0.29, 0.717) is 0 Å². The number of para-hydroxylation sites is 2. The lowest BCUT2D eigenvalue weighted by Crippen LogP contribution is -2.28. The van der Waals surface area contributed by atoms with E-state index < -0.39 is 5.41 Å². The number of thiophene rings is 1. The molecule has 0 saturated heterocycles. The summed E-state index contributed by atoms with van der Waals surface area (Å²) in [5, 5.41) is 4.84. The van der Waals surface area contributed by atoms with Crippen LogP contribution in [0.3, 0.4) is 0 Å². The van der Waals surface area contributed by atoms with Crippen molar-refractivity contribution >= 4 is 70.5 Å². The summed E-state index contributed by atoms with van der Waals surface area (Å²) < 4.78 is 9.36. The van der Waals surface area contributed by atoms with Crippen LogP contribution in [0, 0.1) is 0 Å². The van der Waals surface area contributed by atoms with Crippen LogP contribution in [-0.2, 0) is 5.41 Å². The van der Waals surface area contributed by atoms with Crippen LogP contribution >= 0.6 is 11.3 Å². The van der Waals surface area contributed by atoms with Crippen LogP contribution in [0.5, 0.6) is 0 Å². The highest BCUT2D eigenvalue weighted by Gasteiger charge is 2.46. The fourth-order valence-electron chi connectivity index (χ4n) is 9.72. The van der Waals surface area contributed by atoms with Gasteiger partial charge in [0, 0.05) is 42.3 Å². The number of anilines is 3. The summed E-state index contributed by atoms with van der Waals surface area (Å²) in [6, 6.07) is 77.4. The molecule has 11 aromatic rings. The molecule has 9 aromatic carbocycles. The monoisotopic (exact) mass is 757 g/mol. The molecule has 2 heterocycles. The van der Waals surface area contributed by atoms with Gasteiger partial charge in [0.15, 0.2) is 5.58 Å². The first kappa shape index (κ1) is 33.0. The van der Waals surface area contributed by atoms with Crippen LogP contribution in [0.4, 0.5) is 17.1 Å². The third-order valence-electron chi connectivity index (χ3n) is 12.2. The maximum Gasteiger partial charge on any atom is 0.159 e. The van der Waals surface area contributed by atoms with Crippen molar-refractivity contribution in [1.29, 1.82) is 0 Å². The predicted molar refractivity (Wildman–Crippen MR) is 244 cm³/mol. The van der Waals surface area contributed by atoms with Crippen molar-refractivity contribution in [3.05, 3.63) is 235 Å². The molecule has 0 saturated carbocycles. The minimum atomic E-state index is -0.467. The average Bonchev–Trinajstić information content (AvgIpc) is 3.96. The molecule has 0 aliphatic heterocycles. The molecule has 0 bridgehead atoms. The molecule has 0 fully saturated rings. The number of rotatable bonds is 6. The lowest BCUT2D eigenvalue weighted by Gasteiger charge is -2.34. The molecule has 1 aliphatic rings. The molecule has 0 atom stereocenters. The van der Waals surface area contributed by atoms with Crippen molar-refractivity contribution in [2.75, 3.05) is 4.90 Å². The SMILES string of the molecule is c1ccc(C2(c3ccccc3)c3ccccc3-c3cc(N(c4ccc(-c5cccc6sc7ccccc7c56)cc4)c4cccc5c4oc4ccccc45)ccc32)cc1. The van der Waals surface area contributed by atoms with Gasteiger partial charge < -0.3 is 9.32 Å². The van der Waals surface area contributed by atoms with Crippen LogP contribution in [0.25, 0.3) is 64.4 Å². The highest BCUT2D eigenvalue weighted by molar-refractivity contribution is 7.25. The molecule has 0 unspecified atom stereocenters. The molecule has 2 nitrogen and oxygen atoms in total. The molecule has 0 radical (unpaired) electrons. The average molecular weight is 758 g/mol. The molecular weight excluding hydrogens is 723 g/mol. The van der Waals surface area contributed by atoms with Gasteiger partial charge in [0.1, 0.15) is 5.58 Å². The summed E-state index contributed by atoms with van der Waals surface area (Å²) >= 11 is 1.86. The first-order valence-electron chi connectivity index (χ1n) is 19.8. The molecule has 0 N–H and O–H groups in total. The Hall–Kier alpha value is -7.20. The Balaban J connectivity index is 1.09. The molecule has 2 aromatic heterocycles. The van der Waals surface area contributed by atoms with Crippen molar-refractivity contribution in [3.8, 4) is 22.3 Å². The topological polar surface area (TPSA) is 16.4 Å². The van der Waals surface area contributed by atoms with Crippen LogP contribution < -0.4 is 4.90 Å². The zero-order valence-electron chi connectivity index (χ0n) is 31.5. The van der Waals surface area contributed by atoms with E-state index in [0.717, 1.165) is 39.0 Å². The molecule has 0 amide bonds. The van der Waals surface area contributed by atoms with E-state index in [9.17, 15) is 0 Å². The first-order chi connectivity index (χ1) is 28.8. The van der Waals surface area contributed by atoms with Gasteiger partial charge in [-0.05, 0) is 93.0 Å². The van der Waals surface area contributed by atoms with E-state index in [-0.39, 0.29) is 0 Å². The van der Waals surface area contributed by atoms with Gasteiger partial charge in [0.05, 0.1) is 11.1 Å². The Morgan fingerprint density at radius 2 is 1.02 bits per heavy atom. The second kappa shape index (κ2) is 12.9. The summed E-state index contributed by atoms with van der Waals surface area (Å²) in [5.41, 5.74) is 14.4. The van der Waals surface area contributed by atoms with E-state index in [2.05, 4.69) is 211 Å². The van der Waals surface area contributed by atoms with E-state index >= 15 is 0 Å². The third kappa shape index (κ3) is 4.78. The van der Waals surface area contributed by atoms with Crippen LogP contribution in [0.1, 0.15) is 22.3 Å². The summed E-state index contributed by atoms with van der Waals surface area (Å²) in [4.78, 5) is 2.38. The Labute approximate surface area is 340 Å². The number of furan rings is 1. The smallest absolute Gasteiger partial charge is 0.159 e.